The Balaban J connectivity index is 1.63. The number of nitrogens with one attached hydrogen (secondary N) is 2. The Bertz CT molecular complexity index is 892. The lowest BCUT2D eigenvalue weighted by atomic mass is 10.2. The number of thiazole rings is 1. The van der Waals surface area contributed by atoms with E-state index in [-0.39, 0.29) is 11.7 Å². The van der Waals surface area contributed by atoms with Crippen LogP contribution in [0.15, 0.2) is 52.5 Å². The second kappa shape index (κ2) is 7.50. The number of nitrogens with zero attached hydrogens (tertiary/aromatic N) is 1. The van der Waals surface area contributed by atoms with E-state index in [0.29, 0.717) is 15.8 Å². The van der Waals surface area contributed by atoms with E-state index < -0.39 is 11.9 Å². The summed E-state index contributed by atoms with van der Waals surface area (Å²) in [5, 5.41) is 8.07. The molecule has 3 rings (SSSR count). The molecule has 0 saturated carbocycles. The van der Waals surface area contributed by atoms with Crippen LogP contribution in [0.5, 0.6) is 0 Å². The molecule has 6 nitrogen and oxygen atoms in total. The zero-order valence-electron chi connectivity index (χ0n) is 13.2. The quantitative estimate of drug-likeness (QED) is 0.710. The molecule has 1 aromatic carbocycles. The first-order valence-electron chi connectivity index (χ1n) is 7.40. The molecule has 0 aliphatic carbocycles. The molecule has 3 aromatic rings. The van der Waals surface area contributed by atoms with Crippen LogP contribution in [0.1, 0.15) is 17.5 Å². The minimum atomic E-state index is -0.745. The summed E-state index contributed by atoms with van der Waals surface area (Å²) in [5.41, 5.74) is 1.47. The van der Waals surface area contributed by atoms with Gasteiger partial charge in [-0.05, 0) is 25.1 Å². The Hall–Kier alpha value is -2.64. The Labute approximate surface area is 152 Å². The SMILES string of the molecule is CC(NC(=O)c1ccco1)C(=O)Nc1nc(-c2ccccc2Cl)cs1. The predicted octanol–water partition coefficient (Wildman–Crippen LogP) is 3.81. The van der Waals surface area contributed by atoms with Crippen molar-refractivity contribution < 1.29 is 14.0 Å². The Morgan fingerprint density at radius 3 is 2.76 bits per heavy atom. The van der Waals surface area contributed by atoms with E-state index in [2.05, 4.69) is 15.6 Å². The largest absolute Gasteiger partial charge is 0.459 e. The molecule has 8 heteroatoms. The van der Waals surface area contributed by atoms with Crippen LogP contribution in [-0.4, -0.2) is 22.8 Å². The topological polar surface area (TPSA) is 84.2 Å². The lowest BCUT2D eigenvalue weighted by molar-refractivity contribution is -0.117. The number of hydrogen-bond acceptors (Lipinski definition) is 5. The smallest absolute Gasteiger partial charge is 0.287 e. The van der Waals surface area contributed by atoms with Gasteiger partial charge in [0.25, 0.3) is 5.91 Å². The number of carbonyl (C=O) groups excluding carboxylic acids is 2. The Kier molecular flexibility index (Phi) is 5.16. The summed E-state index contributed by atoms with van der Waals surface area (Å²) in [6.45, 7) is 1.58. The van der Waals surface area contributed by atoms with Crippen molar-refractivity contribution in [3.05, 3.63) is 58.8 Å². The van der Waals surface area contributed by atoms with Gasteiger partial charge in [0.05, 0.1) is 12.0 Å². The van der Waals surface area contributed by atoms with E-state index in [1.54, 1.807) is 19.1 Å². The van der Waals surface area contributed by atoms with Crippen molar-refractivity contribution in [1.29, 1.82) is 0 Å². The molecule has 25 heavy (non-hydrogen) atoms. The summed E-state index contributed by atoms with van der Waals surface area (Å²) in [4.78, 5) is 28.5. The van der Waals surface area contributed by atoms with Crippen molar-refractivity contribution in [2.24, 2.45) is 0 Å². The average Bonchev–Trinajstić information content (AvgIpc) is 3.27. The van der Waals surface area contributed by atoms with Crippen LogP contribution in [-0.2, 0) is 4.79 Å². The number of hydrogen-bond donors (Lipinski definition) is 2. The van der Waals surface area contributed by atoms with Gasteiger partial charge in [-0.2, -0.15) is 0 Å². The van der Waals surface area contributed by atoms with Crippen molar-refractivity contribution in [1.82, 2.24) is 10.3 Å². The molecule has 0 spiro atoms. The summed E-state index contributed by atoms with van der Waals surface area (Å²) >= 11 is 7.43. The molecule has 0 bridgehead atoms. The van der Waals surface area contributed by atoms with Crippen LogP contribution < -0.4 is 10.6 Å². The number of furan rings is 1. The molecule has 0 fully saturated rings. The highest BCUT2D eigenvalue weighted by molar-refractivity contribution is 7.14. The number of rotatable bonds is 5. The maximum Gasteiger partial charge on any atom is 0.287 e. The lowest BCUT2D eigenvalue weighted by Gasteiger charge is -2.11. The van der Waals surface area contributed by atoms with Crippen LogP contribution in [0.25, 0.3) is 11.3 Å². The molecule has 2 heterocycles. The maximum absolute atomic E-state index is 12.2. The number of halogens is 1. The first kappa shape index (κ1) is 17.2. The molecule has 2 aromatic heterocycles. The third kappa shape index (κ3) is 4.07. The van der Waals surface area contributed by atoms with Gasteiger partial charge in [-0.25, -0.2) is 4.98 Å². The summed E-state index contributed by atoms with van der Waals surface area (Å²) < 4.78 is 4.99. The van der Waals surface area contributed by atoms with Crippen LogP contribution >= 0.6 is 22.9 Å². The summed E-state index contributed by atoms with van der Waals surface area (Å²) in [6.07, 6.45) is 1.39. The van der Waals surface area contributed by atoms with E-state index in [1.165, 1.54) is 23.7 Å². The van der Waals surface area contributed by atoms with Crippen LogP contribution in [0.3, 0.4) is 0 Å². The van der Waals surface area contributed by atoms with Gasteiger partial charge in [0.2, 0.25) is 5.91 Å². The predicted molar refractivity (Wildman–Crippen MR) is 96.8 cm³/mol. The van der Waals surface area contributed by atoms with Gasteiger partial charge in [0, 0.05) is 16.0 Å². The van der Waals surface area contributed by atoms with E-state index in [1.807, 2.05) is 23.6 Å². The van der Waals surface area contributed by atoms with Crippen LogP contribution in [0, 0.1) is 0 Å². The van der Waals surface area contributed by atoms with E-state index in [9.17, 15) is 9.59 Å². The van der Waals surface area contributed by atoms with Crippen molar-refractivity contribution in [2.45, 2.75) is 13.0 Å². The molecule has 2 amide bonds. The second-order valence-electron chi connectivity index (χ2n) is 5.18. The van der Waals surface area contributed by atoms with Crippen molar-refractivity contribution >= 4 is 39.9 Å². The fourth-order valence-corrected chi connectivity index (χ4v) is 3.02. The van der Waals surface area contributed by atoms with Gasteiger partial charge in [-0.1, -0.05) is 29.8 Å². The first-order chi connectivity index (χ1) is 12.0. The third-order valence-corrected chi connectivity index (χ3v) is 4.46. The summed E-state index contributed by atoms with van der Waals surface area (Å²) in [7, 11) is 0. The summed E-state index contributed by atoms with van der Waals surface area (Å²) in [6, 6.07) is 9.72. The zero-order valence-corrected chi connectivity index (χ0v) is 14.7. The van der Waals surface area contributed by atoms with Gasteiger partial charge < -0.3 is 15.1 Å². The van der Waals surface area contributed by atoms with Crippen molar-refractivity contribution in [3.8, 4) is 11.3 Å². The van der Waals surface area contributed by atoms with E-state index in [4.69, 9.17) is 16.0 Å². The van der Waals surface area contributed by atoms with Crippen molar-refractivity contribution in [3.63, 3.8) is 0 Å². The maximum atomic E-state index is 12.2. The number of aromatic nitrogens is 1. The molecular formula is C17H14ClN3O3S. The highest BCUT2D eigenvalue weighted by Gasteiger charge is 2.19. The first-order valence-corrected chi connectivity index (χ1v) is 8.66. The molecule has 1 atom stereocenters. The fraction of sp³-hybridized carbons (Fsp3) is 0.118. The minimum Gasteiger partial charge on any atom is -0.459 e. The number of anilines is 1. The summed E-state index contributed by atoms with van der Waals surface area (Å²) in [5.74, 6) is -0.682. The average molecular weight is 376 g/mol. The van der Waals surface area contributed by atoms with Gasteiger partial charge in [0.1, 0.15) is 6.04 Å². The van der Waals surface area contributed by atoms with Crippen molar-refractivity contribution in [2.75, 3.05) is 5.32 Å². The Morgan fingerprint density at radius 1 is 1.24 bits per heavy atom. The molecule has 0 saturated heterocycles. The van der Waals surface area contributed by atoms with Gasteiger partial charge in [-0.15, -0.1) is 11.3 Å². The van der Waals surface area contributed by atoms with Gasteiger partial charge in [-0.3, -0.25) is 9.59 Å². The normalized spacial score (nSPS) is 11.8. The van der Waals surface area contributed by atoms with Crippen LogP contribution in [0.4, 0.5) is 5.13 Å². The second-order valence-corrected chi connectivity index (χ2v) is 6.44. The number of carbonyl (C=O) groups is 2. The van der Waals surface area contributed by atoms with Gasteiger partial charge >= 0.3 is 0 Å². The number of amides is 2. The molecular weight excluding hydrogens is 362 g/mol. The molecule has 1 unspecified atom stereocenters. The highest BCUT2D eigenvalue weighted by atomic mass is 35.5. The lowest BCUT2D eigenvalue weighted by Crippen LogP contribution is -2.41. The molecule has 128 valence electrons. The zero-order chi connectivity index (χ0) is 17.8. The molecule has 2 N–H and O–H groups in total. The third-order valence-electron chi connectivity index (χ3n) is 3.37. The minimum absolute atomic E-state index is 0.148. The molecule has 0 aliphatic rings. The monoisotopic (exact) mass is 375 g/mol. The standard InChI is InChI=1S/C17H14ClN3O3S/c1-10(19-16(23)14-7-4-8-24-14)15(22)21-17-20-13(9-25-17)11-5-2-3-6-12(11)18/h2-10H,1H3,(H,19,23)(H,20,21,22). The number of benzene rings is 1. The van der Waals surface area contributed by atoms with E-state index >= 15 is 0 Å². The van der Waals surface area contributed by atoms with Crippen LogP contribution in [0.2, 0.25) is 5.02 Å². The Morgan fingerprint density at radius 2 is 2.04 bits per heavy atom. The highest BCUT2D eigenvalue weighted by Crippen LogP contribution is 2.30. The molecule has 0 aliphatic heterocycles. The fourth-order valence-electron chi connectivity index (χ4n) is 2.08. The molecule has 0 radical (unpaired) electrons. The van der Waals surface area contributed by atoms with E-state index in [0.717, 1.165) is 5.56 Å². The van der Waals surface area contributed by atoms with Gasteiger partial charge in [0.15, 0.2) is 10.9 Å².